The van der Waals surface area contributed by atoms with Crippen LogP contribution in [0.4, 0.5) is 0 Å². The zero-order valence-electron chi connectivity index (χ0n) is 7.83. The van der Waals surface area contributed by atoms with Crippen LogP contribution in [0, 0.1) is 3.57 Å². The molecular formula is C9H10INO3. The number of amides is 1. The normalized spacial score (nSPS) is 9.64. The molecule has 0 aromatic heterocycles. The highest BCUT2D eigenvalue weighted by molar-refractivity contribution is 14.1. The van der Waals surface area contributed by atoms with E-state index >= 15 is 0 Å². The predicted molar refractivity (Wildman–Crippen MR) is 60.8 cm³/mol. The molecule has 0 saturated heterocycles. The van der Waals surface area contributed by atoms with Gasteiger partial charge in [0.2, 0.25) is 0 Å². The molecule has 0 spiro atoms. The number of rotatable bonds is 3. The lowest BCUT2D eigenvalue weighted by atomic mass is 10.2. The molecule has 0 unspecified atom stereocenters. The van der Waals surface area contributed by atoms with Crippen molar-refractivity contribution in [2.24, 2.45) is 5.73 Å². The summed E-state index contributed by atoms with van der Waals surface area (Å²) in [6.07, 6.45) is 0. The highest BCUT2D eigenvalue weighted by Crippen LogP contribution is 2.29. The standard InChI is InChI=1S/C9H10INO3/c1-13-7-4-6(10)8(14-2)3-5(7)9(11)12/h3-4H,1-2H3,(H2,11,12). The molecule has 0 aliphatic carbocycles. The zero-order chi connectivity index (χ0) is 10.7. The van der Waals surface area contributed by atoms with E-state index in [2.05, 4.69) is 22.6 Å². The molecule has 0 radical (unpaired) electrons. The molecule has 0 fully saturated rings. The Bertz CT molecular complexity index is 365. The minimum Gasteiger partial charge on any atom is -0.496 e. The summed E-state index contributed by atoms with van der Waals surface area (Å²) in [5.74, 6) is 0.541. The Morgan fingerprint density at radius 3 is 2.29 bits per heavy atom. The van der Waals surface area contributed by atoms with Crippen molar-refractivity contribution in [3.63, 3.8) is 0 Å². The minimum absolute atomic E-state index is 0.324. The van der Waals surface area contributed by atoms with E-state index < -0.39 is 5.91 Å². The van der Waals surface area contributed by atoms with Crippen LogP contribution in [-0.4, -0.2) is 20.1 Å². The molecule has 0 aliphatic rings. The lowest BCUT2D eigenvalue weighted by Crippen LogP contribution is -2.13. The highest BCUT2D eigenvalue weighted by atomic mass is 127. The largest absolute Gasteiger partial charge is 0.496 e. The summed E-state index contributed by atoms with van der Waals surface area (Å²) in [7, 11) is 3.03. The second kappa shape index (κ2) is 4.50. The second-order valence-corrected chi connectivity index (χ2v) is 3.71. The summed E-state index contributed by atoms with van der Waals surface area (Å²) < 4.78 is 11.0. The van der Waals surface area contributed by atoms with Crippen molar-refractivity contribution in [2.45, 2.75) is 0 Å². The van der Waals surface area contributed by atoms with Crippen LogP contribution in [0.25, 0.3) is 0 Å². The van der Waals surface area contributed by atoms with Gasteiger partial charge in [0.25, 0.3) is 5.91 Å². The Kier molecular flexibility index (Phi) is 3.56. The molecule has 1 aromatic carbocycles. The maximum absolute atomic E-state index is 11.0. The van der Waals surface area contributed by atoms with Crippen molar-refractivity contribution in [2.75, 3.05) is 14.2 Å². The monoisotopic (exact) mass is 307 g/mol. The molecular weight excluding hydrogens is 297 g/mol. The van der Waals surface area contributed by atoms with Crippen LogP contribution in [0.3, 0.4) is 0 Å². The zero-order valence-corrected chi connectivity index (χ0v) is 9.99. The van der Waals surface area contributed by atoms with Crippen LogP contribution in [-0.2, 0) is 0 Å². The minimum atomic E-state index is -0.531. The van der Waals surface area contributed by atoms with Gasteiger partial charge in [-0.25, -0.2) is 0 Å². The molecule has 5 heteroatoms. The molecule has 1 rings (SSSR count). The van der Waals surface area contributed by atoms with Crippen molar-refractivity contribution in [3.05, 3.63) is 21.3 Å². The summed E-state index contributed by atoms with van der Waals surface area (Å²) in [5, 5.41) is 0. The third kappa shape index (κ3) is 2.09. The van der Waals surface area contributed by atoms with E-state index in [1.807, 2.05) is 0 Å². The first-order valence-corrected chi connectivity index (χ1v) is 4.89. The van der Waals surface area contributed by atoms with E-state index in [-0.39, 0.29) is 0 Å². The summed E-state index contributed by atoms with van der Waals surface area (Å²) in [4.78, 5) is 11.0. The van der Waals surface area contributed by atoms with E-state index in [0.29, 0.717) is 17.1 Å². The van der Waals surface area contributed by atoms with Crippen molar-refractivity contribution >= 4 is 28.5 Å². The smallest absolute Gasteiger partial charge is 0.252 e. The van der Waals surface area contributed by atoms with Crippen LogP contribution in [0.1, 0.15) is 10.4 Å². The van der Waals surface area contributed by atoms with Gasteiger partial charge in [0.1, 0.15) is 11.5 Å². The van der Waals surface area contributed by atoms with Gasteiger partial charge in [0, 0.05) is 0 Å². The number of nitrogens with two attached hydrogens (primary N) is 1. The molecule has 1 amide bonds. The van der Waals surface area contributed by atoms with E-state index in [9.17, 15) is 4.79 Å². The number of hydrogen-bond acceptors (Lipinski definition) is 3. The Morgan fingerprint density at radius 1 is 1.29 bits per heavy atom. The van der Waals surface area contributed by atoms with Crippen LogP contribution in [0.5, 0.6) is 11.5 Å². The number of hydrogen-bond donors (Lipinski definition) is 1. The summed E-state index contributed by atoms with van der Waals surface area (Å²) in [5.41, 5.74) is 5.51. The van der Waals surface area contributed by atoms with Crippen LogP contribution >= 0.6 is 22.6 Å². The summed E-state index contributed by atoms with van der Waals surface area (Å²) in [6, 6.07) is 3.28. The fraction of sp³-hybridized carbons (Fsp3) is 0.222. The van der Waals surface area contributed by atoms with Crippen molar-refractivity contribution in [1.82, 2.24) is 0 Å². The number of carbonyl (C=O) groups is 1. The molecule has 14 heavy (non-hydrogen) atoms. The third-order valence-electron chi connectivity index (χ3n) is 1.74. The molecule has 2 N–H and O–H groups in total. The van der Waals surface area contributed by atoms with Gasteiger partial charge in [-0.05, 0) is 34.7 Å². The molecule has 0 aliphatic heterocycles. The number of halogens is 1. The van der Waals surface area contributed by atoms with Crippen LogP contribution < -0.4 is 15.2 Å². The summed E-state index contributed by atoms with van der Waals surface area (Å²) in [6.45, 7) is 0. The van der Waals surface area contributed by atoms with Gasteiger partial charge >= 0.3 is 0 Å². The van der Waals surface area contributed by atoms with Gasteiger partial charge in [-0.1, -0.05) is 0 Å². The molecule has 0 bridgehead atoms. The Morgan fingerprint density at radius 2 is 1.86 bits per heavy atom. The molecule has 0 atom stereocenters. The van der Waals surface area contributed by atoms with Gasteiger partial charge in [-0.15, -0.1) is 0 Å². The van der Waals surface area contributed by atoms with E-state index in [4.69, 9.17) is 15.2 Å². The highest BCUT2D eigenvalue weighted by Gasteiger charge is 2.13. The van der Waals surface area contributed by atoms with Gasteiger partial charge in [0.15, 0.2) is 0 Å². The van der Waals surface area contributed by atoms with Gasteiger partial charge < -0.3 is 15.2 Å². The average molecular weight is 307 g/mol. The van der Waals surface area contributed by atoms with Gasteiger partial charge in [-0.2, -0.15) is 0 Å². The molecule has 76 valence electrons. The van der Waals surface area contributed by atoms with Crippen molar-refractivity contribution in [3.8, 4) is 11.5 Å². The van der Waals surface area contributed by atoms with E-state index in [1.165, 1.54) is 14.2 Å². The van der Waals surface area contributed by atoms with Crippen molar-refractivity contribution in [1.29, 1.82) is 0 Å². The lowest BCUT2D eigenvalue weighted by molar-refractivity contribution is 0.0997. The number of carbonyl (C=O) groups excluding carboxylic acids is 1. The van der Waals surface area contributed by atoms with Gasteiger partial charge in [-0.3, -0.25) is 4.79 Å². The fourth-order valence-electron chi connectivity index (χ4n) is 1.05. The van der Waals surface area contributed by atoms with E-state index in [1.54, 1.807) is 12.1 Å². The molecule has 4 nitrogen and oxygen atoms in total. The van der Waals surface area contributed by atoms with Gasteiger partial charge in [0.05, 0.1) is 23.4 Å². The lowest BCUT2D eigenvalue weighted by Gasteiger charge is -2.09. The third-order valence-corrected chi connectivity index (χ3v) is 2.58. The second-order valence-electron chi connectivity index (χ2n) is 2.55. The van der Waals surface area contributed by atoms with E-state index in [0.717, 1.165) is 3.57 Å². The maximum Gasteiger partial charge on any atom is 0.252 e. The SMILES string of the molecule is COc1cc(C(N)=O)c(OC)cc1I. The van der Waals surface area contributed by atoms with Crippen LogP contribution in [0.15, 0.2) is 12.1 Å². The quantitative estimate of drug-likeness (QED) is 0.859. The Balaban J connectivity index is 3.32. The number of primary amides is 1. The maximum atomic E-state index is 11.0. The number of ether oxygens (including phenoxy) is 2. The predicted octanol–water partition coefficient (Wildman–Crippen LogP) is 1.41. The number of benzene rings is 1. The molecule has 1 aromatic rings. The topological polar surface area (TPSA) is 61.5 Å². The molecule has 0 heterocycles. The fourth-order valence-corrected chi connectivity index (χ4v) is 1.71. The summed E-state index contributed by atoms with van der Waals surface area (Å²) >= 11 is 2.09. The van der Waals surface area contributed by atoms with Crippen LogP contribution in [0.2, 0.25) is 0 Å². The van der Waals surface area contributed by atoms with Crippen molar-refractivity contribution < 1.29 is 14.3 Å². The first-order valence-electron chi connectivity index (χ1n) is 3.81. The Labute approximate surface area is 95.5 Å². The first kappa shape index (κ1) is 11.1. The molecule has 0 saturated carbocycles. The number of methoxy groups -OCH3 is 2. The average Bonchev–Trinajstić information content (AvgIpc) is 2.16. The first-order chi connectivity index (χ1) is 6.60. The Hall–Kier alpha value is -0.980.